The van der Waals surface area contributed by atoms with Gasteiger partial charge in [-0.25, -0.2) is 4.79 Å². The lowest BCUT2D eigenvalue weighted by Crippen LogP contribution is -2.57. The Hall–Kier alpha value is -0.760. The molecule has 0 bridgehead atoms. The van der Waals surface area contributed by atoms with Crippen LogP contribution in [0, 0.1) is 0 Å². The minimum atomic E-state index is -1.14. The summed E-state index contributed by atoms with van der Waals surface area (Å²) in [7, 11) is 0. The molecular weight excluding hydrogens is 480 g/mol. The number of amides is 3. The van der Waals surface area contributed by atoms with Gasteiger partial charge < -0.3 is 26.8 Å². The van der Waals surface area contributed by atoms with Crippen LogP contribution in [0.3, 0.4) is 0 Å². The average Bonchev–Trinajstić information content (AvgIpc) is 2.74. The van der Waals surface area contributed by atoms with Crippen LogP contribution in [0.15, 0.2) is 0 Å². The Morgan fingerprint density at radius 3 is 1.68 bits per heavy atom. The van der Waals surface area contributed by atoms with Crippen LogP contribution in [0.2, 0.25) is 0 Å². The Morgan fingerprint density at radius 1 is 0.774 bits per heavy atom. The number of thioether (sulfide) groups is 3. The maximum absolute atomic E-state index is 12.8. The number of thiol groups is 1. The van der Waals surface area contributed by atoms with Gasteiger partial charge in [0.1, 0.15) is 18.1 Å². The lowest BCUT2D eigenvalue weighted by atomic mass is 10.1. The predicted molar refractivity (Wildman–Crippen MR) is 134 cm³/mol. The van der Waals surface area contributed by atoms with Gasteiger partial charge in [0.25, 0.3) is 0 Å². The number of carboxylic acid groups (broad SMARTS) is 1. The molecule has 0 aliphatic heterocycles. The van der Waals surface area contributed by atoms with Gasteiger partial charge in [-0.05, 0) is 55.3 Å². The zero-order valence-electron chi connectivity index (χ0n) is 18.1. The molecule has 0 saturated heterocycles. The van der Waals surface area contributed by atoms with E-state index in [1.54, 1.807) is 11.8 Å². The number of hydrogen-bond donors (Lipinski definition) is 6. The van der Waals surface area contributed by atoms with Gasteiger partial charge in [0.05, 0.1) is 6.04 Å². The highest BCUT2D eigenvalue weighted by Crippen LogP contribution is 2.06. The number of aliphatic carboxylic acids is 1. The van der Waals surface area contributed by atoms with E-state index in [0.29, 0.717) is 24.3 Å². The van der Waals surface area contributed by atoms with Crippen molar-refractivity contribution in [2.45, 2.75) is 43.4 Å². The molecule has 4 unspecified atom stereocenters. The van der Waals surface area contributed by atoms with Crippen molar-refractivity contribution < 1.29 is 24.3 Å². The molecular formula is C18H34N4O5S4. The van der Waals surface area contributed by atoms with Gasteiger partial charge in [-0.2, -0.15) is 47.9 Å². The zero-order chi connectivity index (χ0) is 23.8. The highest BCUT2D eigenvalue weighted by molar-refractivity contribution is 7.98. The Bertz CT molecular complexity index is 585. The summed E-state index contributed by atoms with van der Waals surface area (Å²) in [6, 6.07) is -3.68. The summed E-state index contributed by atoms with van der Waals surface area (Å²) in [5.74, 6) is -0.863. The molecule has 0 radical (unpaired) electrons. The molecule has 0 aliphatic carbocycles. The Balaban J connectivity index is 5.10. The van der Waals surface area contributed by atoms with Gasteiger partial charge in [-0.3, -0.25) is 14.4 Å². The fraction of sp³-hybridized carbons (Fsp3) is 0.778. The quantitative estimate of drug-likeness (QED) is 0.148. The molecule has 13 heteroatoms. The minimum Gasteiger partial charge on any atom is -0.480 e. The van der Waals surface area contributed by atoms with E-state index in [2.05, 4.69) is 28.6 Å². The largest absolute Gasteiger partial charge is 0.480 e. The molecule has 180 valence electrons. The van der Waals surface area contributed by atoms with Crippen molar-refractivity contribution in [3.05, 3.63) is 0 Å². The topological polar surface area (TPSA) is 151 Å². The van der Waals surface area contributed by atoms with Crippen molar-refractivity contribution in [1.82, 2.24) is 16.0 Å². The molecule has 3 amide bonds. The second-order valence-electron chi connectivity index (χ2n) is 6.66. The van der Waals surface area contributed by atoms with Crippen molar-refractivity contribution in [2.75, 3.05) is 41.8 Å². The second kappa shape index (κ2) is 17.8. The molecule has 6 N–H and O–H groups in total. The summed E-state index contributed by atoms with van der Waals surface area (Å²) in [4.78, 5) is 49.0. The van der Waals surface area contributed by atoms with Crippen LogP contribution in [0.1, 0.15) is 19.3 Å². The number of nitrogens with two attached hydrogens (primary N) is 1. The third kappa shape index (κ3) is 12.8. The van der Waals surface area contributed by atoms with E-state index in [0.717, 1.165) is 5.75 Å². The van der Waals surface area contributed by atoms with Gasteiger partial charge in [-0.1, -0.05) is 0 Å². The second-order valence-corrected chi connectivity index (χ2v) is 9.98. The summed E-state index contributed by atoms with van der Waals surface area (Å²) in [6.07, 6.45) is 6.74. The van der Waals surface area contributed by atoms with E-state index in [-0.39, 0.29) is 12.2 Å². The number of carbonyl (C=O) groups excluding carboxylic acids is 3. The third-order valence-corrected chi connectivity index (χ3v) is 6.55. The number of rotatable bonds is 17. The Kier molecular flexibility index (Phi) is 17.3. The molecule has 0 aromatic heterocycles. The standard InChI is InChI=1S/C18H34N4O5S4/c1-29-7-4-11(19)15(23)20-12(5-8-30-2)16(24)22-14(10-28)17(25)21-13(18(26)27)6-9-31-3/h11-14,28H,4-10,19H2,1-3H3,(H,20,23)(H,21,25)(H,22,24)(H,26,27). The molecule has 0 rings (SSSR count). The Labute approximate surface area is 202 Å². The van der Waals surface area contributed by atoms with E-state index in [1.165, 1.54) is 23.5 Å². The molecule has 4 atom stereocenters. The first-order valence-corrected chi connectivity index (χ1v) is 14.5. The summed E-state index contributed by atoms with van der Waals surface area (Å²) < 4.78 is 0. The lowest BCUT2D eigenvalue weighted by molar-refractivity contribution is -0.142. The minimum absolute atomic E-state index is 0.0249. The zero-order valence-corrected chi connectivity index (χ0v) is 21.4. The third-order valence-electron chi connectivity index (χ3n) is 4.25. The van der Waals surface area contributed by atoms with Gasteiger partial charge in [0.15, 0.2) is 0 Å². The van der Waals surface area contributed by atoms with Gasteiger partial charge in [-0.15, -0.1) is 0 Å². The SMILES string of the molecule is CSCCC(N)C(=O)NC(CCSC)C(=O)NC(CS)C(=O)NC(CCSC)C(=O)O. The van der Waals surface area contributed by atoms with E-state index >= 15 is 0 Å². The summed E-state index contributed by atoms with van der Waals surface area (Å²) >= 11 is 8.68. The van der Waals surface area contributed by atoms with Gasteiger partial charge >= 0.3 is 5.97 Å². The molecule has 0 fully saturated rings. The normalized spacial score (nSPS) is 14.7. The fourth-order valence-corrected chi connectivity index (χ4v) is 4.08. The molecule has 0 heterocycles. The molecule has 0 spiro atoms. The molecule has 0 aromatic carbocycles. The molecule has 0 saturated carbocycles. The summed E-state index contributed by atoms with van der Waals surface area (Å²) in [5, 5.41) is 17.0. The van der Waals surface area contributed by atoms with E-state index < -0.39 is 47.9 Å². The van der Waals surface area contributed by atoms with Crippen LogP contribution in [-0.2, 0) is 19.2 Å². The molecule has 0 aromatic rings. The van der Waals surface area contributed by atoms with Crippen molar-refractivity contribution >= 4 is 71.6 Å². The van der Waals surface area contributed by atoms with Crippen LogP contribution in [-0.4, -0.2) is 94.7 Å². The Morgan fingerprint density at radius 2 is 1.19 bits per heavy atom. The first kappa shape index (κ1) is 30.2. The van der Waals surface area contributed by atoms with Crippen molar-refractivity contribution in [3.8, 4) is 0 Å². The number of hydrogen-bond acceptors (Lipinski definition) is 9. The van der Waals surface area contributed by atoms with Crippen LogP contribution in [0.4, 0.5) is 0 Å². The van der Waals surface area contributed by atoms with E-state index in [1.807, 2.05) is 18.8 Å². The monoisotopic (exact) mass is 514 g/mol. The number of nitrogens with one attached hydrogen (secondary N) is 3. The maximum atomic E-state index is 12.8. The van der Waals surface area contributed by atoms with Crippen molar-refractivity contribution in [1.29, 1.82) is 0 Å². The summed E-state index contributed by atoms with van der Waals surface area (Å²) in [6.45, 7) is 0. The van der Waals surface area contributed by atoms with Crippen LogP contribution < -0.4 is 21.7 Å². The van der Waals surface area contributed by atoms with Gasteiger partial charge in [0.2, 0.25) is 17.7 Å². The highest BCUT2D eigenvalue weighted by atomic mass is 32.2. The van der Waals surface area contributed by atoms with Crippen LogP contribution in [0.5, 0.6) is 0 Å². The fourth-order valence-electron chi connectivity index (χ4n) is 2.39. The number of carboxylic acids is 1. The average molecular weight is 515 g/mol. The van der Waals surface area contributed by atoms with Crippen LogP contribution >= 0.6 is 47.9 Å². The first-order chi connectivity index (χ1) is 14.7. The van der Waals surface area contributed by atoms with Crippen LogP contribution in [0.25, 0.3) is 0 Å². The van der Waals surface area contributed by atoms with Crippen molar-refractivity contribution in [2.24, 2.45) is 5.73 Å². The lowest BCUT2D eigenvalue weighted by Gasteiger charge is -2.24. The van der Waals surface area contributed by atoms with Gasteiger partial charge in [0, 0.05) is 5.75 Å². The molecule has 31 heavy (non-hydrogen) atoms. The van der Waals surface area contributed by atoms with E-state index in [4.69, 9.17) is 5.73 Å². The highest BCUT2D eigenvalue weighted by Gasteiger charge is 2.29. The molecule has 0 aliphatic rings. The van der Waals surface area contributed by atoms with Crippen molar-refractivity contribution in [3.63, 3.8) is 0 Å². The smallest absolute Gasteiger partial charge is 0.326 e. The maximum Gasteiger partial charge on any atom is 0.326 e. The first-order valence-electron chi connectivity index (χ1n) is 9.68. The predicted octanol–water partition coefficient (Wildman–Crippen LogP) is 0.0418. The number of carbonyl (C=O) groups is 4. The summed E-state index contributed by atoms with van der Waals surface area (Å²) in [5.41, 5.74) is 5.88. The van der Waals surface area contributed by atoms with E-state index in [9.17, 15) is 24.3 Å². The molecule has 9 nitrogen and oxygen atoms in total.